The van der Waals surface area contributed by atoms with Gasteiger partial charge in [0, 0.05) is 28.6 Å². The molecule has 1 aromatic carbocycles. The van der Waals surface area contributed by atoms with Crippen molar-refractivity contribution in [1.82, 2.24) is 4.90 Å². The first-order chi connectivity index (χ1) is 10.3. The predicted molar refractivity (Wildman–Crippen MR) is 87.5 cm³/mol. The molecule has 0 saturated carbocycles. The molecule has 1 aliphatic rings. The van der Waals surface area contributed by atoms with E-state index >= 15 is 0 Å². The quantitative estimate of drug-likeness (QED) is 0.824. The van der Waals surface area contributed by atoms with Gasteiger partial charge in [0.1, 0.15) is 5.60 Å². The zero-order valence-electron chi connectivity index (χ0n) is 13.3. The second kappa shape index (κ2) is 6.48. The molecular formula is C17H21NO3S. The number of nitrogens with zero attached hydrogens (tertiary/aromatic N) is 1. The van der Waals surface area contributed by atoms with Gasteiger partial charge in [-0.05, 0) is 39.8 Å². The molecule has 0 spiro atoms. The van der Waals surface area contributed by atoms with Crippen molar-refractivity contribution >= 4 is 16.9 Å². The summed E-state index contributed by atoms with van der Waals surface area (Å²) < 4.78 is 17.9. The summed E-state index contributed by atoms with van der Waals surface area (Å²) in [5.74, 6) is 0. The van der Waals surface area contributed by atoms with Gasteiger partial charge in [0.2, 0.25) is 0 Å². The van der Waals surface area contributed by atoms with Gasteiger partial charge in [-0.15, -0.1) is 0 Å². The zero-order chi connectivity index (χ0) is 16.3. The van der Waals surface area contributed by atoms with Gasteiger partial charge in [-0.2, -0.15) is 0 Å². The van der Waals surface area contributed by atoms with Gasteiger partial charge in [-0.3, -0.25) is 4.90 Å². The number of hydrogen-bond donors (Lipinski definition) is 0. The lowest BCUT2D eigenvalue weighted by atomic mass is 10.2. The minimum atomic E-state index is -1.28. The molecule has 2 rings (SSSR count). The lowest BCUT2D eigenvalue weighted by molar-refractivity contribution is 0.0397. The van der Waals surface area contributed by atoms with Crippen LogP contribution < -0.4 is 0 Å². The van der Waals surface area contributed by atoms with E-state index in [4.69, 9.17) is 4.74 Å². The standard InChI is InChI=1S/C17H21NO3S/c1-13-7-9-14(10-8-13)22(20)15-6-5-11-18(12-15)16(19)21-17(2,3)4/h5,7-12H,6H2,1-4H3. The Morgan fingerprint density at radius 3 is 2.45 bits per heavy atom. The summed E-state index contributed by atoms with van der Waals surface area (Å²) in [6.07, 6.45) is 5.14. The average Bonchev–Trinajstić information content (AvgIpc) is 2.46. The fourth-order valence-corrected chi connectivity index (χ4v) is 3.04. The highest BCUT2D eigenvalue weighted by Gasteiger charge is 2.22. The van der Waals surface area contributed by atoms with Crippen molar-refractivity contribution in [2.45, 2.75) is 44.6 Å². The number of hydrogen-bond acceptors (Lipinski definition) is 3. The highest BCUT2D eigenvalue weighted by atomic mass is 32.2. The van der Waals surface area contributed by atoms with Crippen molar-refractivity contribution in [1.29, 1.82) is 0 Å². The highest BCUT2D eigenvalue weighted by molar-refractivity contribution is 7.89. The third-order valence-electron chi connectivity index (χ3n) is 2.95. The maximum Gasteiger partial charge on any atom is 0.418 e. The summed E-state index contributed by atoms with van der Waals surface area (Å²) in [4.78, 5) is 14.8. The summed E-state index contributed by atoms with van der Waals surface area (Å²) in [6.45, 7) is 7.43. The van der Waals surface area contributed by atoms with E-state index in [1.54, 1.807) is 12.4 Å². The number of carbonyl (C=O) groups is 1. The van der Waals surface area contributed by atoms with Crippen LogP contribution in [0, 0.1) is 6.92 Å². The maximum absolute atomic E-state index is 12.6. The van der Waals surface area contributed by atoms with E-state index in [0.29, 0.717) is 11.3 Å². The van der Waals surface area contributed by atoms with Crippen LogP contribution in [0.2, 0.25) is 0 Å². The topological polar surface area (TPSA) is 46.6 Å². The molecule has 1 aliphatic heterocycles. The number of amides is 1. The molecule has 0 bridgehead atoms. The normalized spacial score (nSPS) is 16.2. The third kappa shape index (κ3) is 4.31. The molecule has 1 atom stereocenters. The first-order valence-electron chi connectivity index (χ1n) is 7.13. The molecule has 118 valence electrons. The fraction of sp³-hybridized carbons (Fsp3) is 0.353. The van der Waals surface area contributed by atoms with Gasteiger partial charge in [0.05, 0.1) is 10.8 Å². The molecule has 22 heavy (non-hydrogen) atoms. The highest BCUT2D eigenvalue weighted by Crippen LogP contribution is 2.23. The molecule has 0 radical (unpaired) electrons. The van der Waals surface area contributed by atoms with E-state index < -0.39 is 22.5 Å². The van der Waals surface area contributed by atoms with E-state index in [1.807, 2.05) is 58.0 Å². The van der Waals surface area contributed by atoms with E-state index in [1.165, 1.54) is 4.90 Å². The van der Waals surface area contributed by atoms with Crippen LogP contribution in [0.15, 0.2) is 52.5 Å². The average molecular weight is 319 g/mol. The minimum Gasteiger partial charge on any atom is -0.443 e. The zero-order valence-corrected chi connectivity index (χ0v) is 14.1. The van der Waals surface area contributed by atoms with Crippen LogP contribution in [0.1, 0.15) is 32.8 Å². The SMILES string of the molecule is Cc1ccc(S(=O)C2=CN(C(=O)OC(C)(C)C)C=CC2)cc1. The van der Waals surface area contributed by atoms with Crippen molar-refractivity contribution in [3.8, 4) is 0 Å². The summed E-state index contributed by atoms with van der Waals surface area (Å²) in [5.41, 5.74) is 0.556. The van der Waals surface area contributed by atoms with Crippen molar-refractivity contribution in [2.24, 2.45) is 0 Å². The molecule has 0 aliphatic carbocycles. The molecule has 0 saturated heterocycles. The van der Waals surface area contributed by atoms with Crippen LogP contribution in [0.5, 0.6) is 0 Å². The molecule has 1 unspecified atom stereocenters. The number of aryl methyl sites for hydroxylation is 1. The summed E-state index contributed by atoms with van der Waals surface area (Å²) >= 11 is 0. The van der Waals surface area contributed by atoms with Crippen LogP contribution >= 0.6 is 0 Å². The van der Waals surface area contributed by atoms with E-state index in [0.717, 1.165) is 10.5 Å². The van der Waals surface area contributed by atoms with E-state index in [2.05, 4.69) is 0 Å². The number of ether oxygens (including phenoxy) is 1. The molecular weight excluding hydrogens is 298 g/mol. The Balaban J connectivity index is 2.16. The van der Waals surface area contributed by atoms with Crippen molar-refractivity contribution in [2.75, 3.05) is 0 Å². The van der Waals surface area contributed by atoms with Gasteiger partial charge in [0.15, 0.2) is 0 Å². The fourth-order valence-electron chi connectivity index (χ4n) is 1.90. The van der Waals surface area contributed by atoms with Gasteiger partial charge in [-0.1, -0.05) is 23.8 Å². The van der Waals surface area contributed by atoms with Crippen LogP contribution in [0.4, 0.5) is 4.79 Å². The predicted octanol–water partition coefficient (Wildman–Crippen LogP) is 4.10. The summed E-state index contributed by atoms with van der Waals surface area (Å²) in [7, 11) is -1.28. The van der Waals surface area contributed by atoms with Gasteiger partial charge >= 0.3 is 6.09 Å². The lowest BCUT2D eigenvalue weighted by Crippen LogP contribution is -2.31. The van der Waals surface area contributed by atoms with Gasteiger partial charge in [-0.25, -0.2) is 9.00 Å². The Morgan fingerprint density at radius 2 is 1.86 bits per heavy atom. The van der Waals surface area contributed by atoms with Crippen LogP contribution in [-0.2, 0) is 15.5 Å². The molecule has 0 fully saturated rings. The maximum atomic E-state index is 12.6. The minimum absolute atomic E-state index is 0.471. The molecule has 4 nitrogen and oxygen atoms in total. The second-order valence-corrected chi connectivity index (χ2v) is 7.69. The number of allylic oxidation sites excluding steroid dienone is 2. The summed E-state index contributed by atoms with van der Waals surface area (Å²) in [6, 6.07) is 7.56. The molecule has 5 heteroatoms. The van der Waals surface area contributed by atoms with Crippen LogP contribution in [0.25, 0.3) is 0 Å². The Bertz CT molecular complexity index is 639. The monoisotopic (exact) mass is 319 g/mol. The van der Waals surface area contributed by atoms with Gasteiger partial charge < -0.3 is 4.74 Å². The lowest BCUT2D eigenvalue weighted by Gasteiger charge is -2.25. The van der Waals surface area contributed by atoms with Crippen molar-refractivity contribution < 1.29 is 13.7 Å². The molecule has 1 heterocycles. The first-order valence-corrected chi connectivity index (χ1v) is 8.28. The molecule has 1 aromatic rings. The third-order valence-corrected chi connectivity index (χ3v) is 4.39. The largest absolute Gasteiger partial charge is 0.443 e. The van der Waals surface area contributed by atoms with Crippen molar-refractivity contribution in [3.63, 3.8) is 0 Å². The molecule has 0 aromatic heterocycles. The van der Waals surface area contributed by atoms with Crippen molar-refractivity contribution in [3.05, 3.63) is 53.2 Å². The molecule has 1 amide bonds. The summed E-state index contributed by atoms with van der Waals surface area (Å²) in [5, 5.41) is 0. The number of carbonyl (C=O) groups excluding carboxylic acids is 1. The Morgan fingerprint density at radius 1 is 1.23 bits per heavy atom. The molecule has 0 N–H and O–H groups in total. The van der Waals surface area contributed by atoms with Crippen LogP contribution in [-0.4, -0.2) is 20.8 Å². The second-order valence-electron chi connectivity index (χ2n) is 6.15. The number of rotatable bonds is 2. The van der Waals surface area contributed by atoms with E-state index in [-0.39, 0.29) is 0 Å². The Labute approximate surface area is 133 Å². The van der Waals surface area contributed by atoms with Gasteiger partial charge in [0.25, 0.3) is 0 Å². The number of benzene rings is 1. The smallest absolute Gasteiger partial charge is 0.418 e. The Kier molecular flexibility index (Phi) is 4.86. The van der Waals surface area contributed by atoms with Crippen LogP contribution in [0.3, 0.4) is 0 Å². The van der Waals surface area contributed by atoms with E-state index in [9.17, 15) is 9.00 Å². The Hall–Kier alpha value is -1.88. The first kappa shape index (κ1) is 16.5.